The zero-order valence-corrected chi connectivity index (χ0v) is 24.1. The summed E-state index contributed by atoms with van der Waals surface area (Å²) in [5.41, 5.74) is 1.81. The van der Waals surface area contributed by atoms with Crippen molar-refractivity contribution in [1.82, 2.24) is 4.98 Å². The van der Waals surface area contributed by atoms with Crippen molar-refractivity contribution < 1.29 is 29.0 Å². The molecular weight excluding hydrogens is 569 g/mol. The Hall–Kier alpha value is -3.15. The first-order chi connectivity index (χ1) is 19.3. The Morgan fingerprint density at radius 1 is 1.12 bits per heavy atom. The number of nitrogens with one attached hydrogen (secondary N) is 1. The number of hydrogen-bond acceptors (Lipinski definition) is 9. The van der Waals surface area contributed by atoms with Crippen LogP contribution in [-0.4, -0.2) is 46.8 Å². The van der Waals surface area contributed by atoms with Gasteiger partial charge in [-0.3, -0.25) is 14.5 Å². The van der Waals surface area contributed by atoms with Crippen molar-refractivity contribution in [3.8, 4) is 11.5 Å². The SMILES string of the molecule is CCOC(=O)c1ccc(N2C(=O)C3C4CC(C3C2=O)C2C(c3ccc(OC)c(O)c3)c3sc(=S)[nH]c3SC42)cc1. The zero-order chi connectivity index (χ0) is 27.9. The number of aromatic nitrogens is 1. The number of carbonyl (C=O) groups is 3. The largest absolute Gasteiger partial charge is 0.504 e. The number of imide groups is 1. The number of ether oxygens (including phenoxy) is 2. The molecule has 8 nitrogen and oxygen atoms in total. The molecule has 4 aliphatic rings. The number of esters is 1. The molecule has 2 aliphatic heterocycles. The third-order valence-corrected chi connectivity index (χ3v) is 11.9. The highest BCUT2D eigenvalue weighted by Gasteiger charge is 2.69. The Morgan fingerprint density at radius 2 is 1.85 bits per heavy atom. The van der Waals surface area contributed by atoms with E-state index in [2.05, 4.69) is 4.98 Å². The zero-order valence-electron chi connectivity index (χ0n) is 21.7. The van der Waals surface area contributed by atoms with E-state index in [-0.39, 0.29) is 59.0 Å². The van der Waals surface area contributed by atoms with E-state index in [1.807, 2.05) is 6.07 Å². The lowest BCUT2D eigenvalue weighted by molar-refractivity contribution is -0.123. The van der Waals surface area contributed by atoms with Crippen LogP contribution in [0.5, 0.6) is 11.5 Å². The van der Waals surface area contributed by atoms with Gasteiger partial charge in [-0.1, -0.05) is 6.07 Å². The van der Waals surface area contributed by atoms with Gasteiger partial charge in [0.05, 0.1) is 41.8 Å². The standard InChI is InChI=1S/C29H26N2O6S3/c1-3-37-28(35)12-4-7-14(8-5-12)31-26(33)21-15-11-16(22(21)27(31)34)23-20(15)19(24-25(39-23)30-29(38)40-24)13-6-9-18(36-2)17(32)10-13/h4-10,15-16,19-23,32H,3,11H2,1-2H3,(H,30,38). The van der Waals surface area contributed by atoms with E-state index in [1.165, 1.54) is 12.0 Å². The van der Waals surface area contributed by atoms with Gasteiger partial charge in [0.15, 0.2) is 15.5 Å². The molecule has 2 aromatic carbocycles. The molecule has 3 heterocycles. The molecule has 206 valence electrons. The van der Waals surface area contributed by atoms with Crippen molar-refractivity contribution in [3.63, 3.8) is 0 Å². The number of nitrogens with zero attached hydrogens (tertiary/aromatic N) is 1. The molecular formula is C29H26N2O6S3. The number of phenols is 1. The van der Waals surface area contributed by atoms with E-state index in [0.29, 0.717) is 21.0 Å². The lowest BCUT2D eigenvalue weighted by atomic mass is 9.68. The number of aromatic hydroxyl groups is 1. The quantitative estimate of drug-likeness (QED) is 0.231. The van der Waals surface area contributed by atoms with Gasteiger partial charge in [-0.15, -0.1) is 23.1 Å². The second-order valence-electron chi connectivity index (χ2n) is 10.7. The summed E-state index contributed by atoms with van der Waals surface area (Å²) in [5, 5.41) is 11.8. The lowest BCUT2D eigenvalue weighted by Gasteiger charge is -2.43. The molecule has 3 fully saturated rings. The van der Waals surface area contributed by atoms with E-state index >= 15 is 0 Å². The molecule has 2 N–H and O–H groups in total. The van der Waals surface area contributed by atoms with Crippen molar-refractivity contribution in [2.45, 2.75) is 29.5 Å². The number of aromatic amines is 1. The van der Waals surface area contributed by atoms with Crippen LogP contribution < -0.4 is 9.64 Å². The number of fused-ring (bicyclic) bond motifs is 9. The molecule has 2 bridgehead atoms. The van der Waals surface area contributed by atoms with Gasteiger partial charge in [-0.25, -0.2) is 4.79 Å². The van der Waals surface area contributed by atoms with Gasteiger partial charge < -0.3 is 19.6 Å². The first-order valence-corrected chi connectivity index (χ1v) is 15.3. The third-order valence-electron chi connectivity index (χ3n) is 8.92. The van der Waals surface area contributed by atoms with E-state index in [9.17, 15) is 19.5 Å². The summed E-state index contributed by atoms with van der Waals surface area (Å²) in [6.07, 6.45) is 0.819. The maximum absolute atomic E-state index is 13.9. The average molecular weight is 595 g/mol. The van der Waals surface area contributed by atoms with Crippen molar-refractivity contribution in [2.75, 3.05) is 18.6 Å². The average Bonchev–Trinajstić information content (AvgIpc) is 3.67. The predicted octanol–water partition coefficient (Wildman–Crippen LogP) is 5.37. The Bertz CT molecular complexity index is 1610. The van der Waals surface area contributed by atoms with E-state index < -0.39 is 11.9 Å². The van der Waals surface area contributed by atoms with Crippen LogP contribution in [0.25, 0.3) is 0 Å². The number of rotatable bonds is 5. The maximum atomic E-state index is 13.9. The number of amides is 2. The summed E-state index contributed by atoms with van der Waals surface area (Å²) in [6, 6.07) is 12.0. The highest BCUT2D eigenvalue weighted by molar-refractivity contribution is 8.00. The van der Waals surface area contributed by atoms with Crippen LogP contribution in [0.3, 0.4) is 0 Å². The molecule has 7 unspecified atom stereocenters. The normalized spacial score (nSPS) is 29.8. The van der Waals surface area contributed by atoms with Gasteiger partial charge in [0, 0.05) is 16.0 Å². The lowest BCUT2D eigenvalue weighted by Crippen LogP contribution is -2.42. The third kappa shape index (κ3) is 3.63. The molecule has 7 atom stereocenters. The molecule has 3 aromatic rings. The number of thioether (sulfide) groups is 1. The molecule has 0 spiro atoms. The Labute approximate surface area is 243 Å². The molecule has 1 saturated heterocycles. The molecule has 11 heteroatoms. The van der Waals surface area contributed by atoms with Crippen LogP contribution in [0, 0.1) is 33.5 Å². The highest BCUT2D eigenvalue weighted by atomic mass is 32.2. The monoisotopic (exact) mass is 594 g/mol. The fourth-order valence-corrected chi connectivity index (χ4v) is 10.8. The second kappa shape index (κ2) is 9.46. The van der Waals surface area contributed by atoms with Crippen molar-refractivity contribution >= 4 is 58.8 Å². The highest BCUT2D eigenvalue weighted by Crippen LogP contribution is 2.69. The number of phenolic OH excluding ortho intramolecular Hbond substituents is 1. The van der Waals surface area contributed by atoms with Gasteiger partial charge >= 0.3 is 5.97 Å². The Morgan fingerprint density at radius 3 is 2.52 bits per heavy atom. The summed E-state index contributed by atoms with van der Waals surface area (Å²) in [4.78, 5) is 45.7. The molecule has 0 radical (unpaired) electrons. The van der Waals surface area contributed by atoms with Crippen LogP contribution in [0.1, 0.15) is 40.1 Å². The summed E-state index contributed by atoms with van der Waals surface area (Å²) in [7, 11) is 1.52. The second-order valence-corrected chi connectivity index (χ2v) is 13.6. The summed E-state index contributed by atoms with van der Waals surface area (Å²) < 4.78 is 11.0. The fourth-order valence-electron chi connectivity index (χ4n) is 7.51. The van der Waals surface area contributed by atoms with Crippen molar-refractivity contribution in [1.29, 1.82) is 0 Å². The maximum Gasteiger partial charge on any atom is 0.338 e. The predicted molar refractivity (Wildman–Crippen MR) is 153 cm³/mol. The van der Waals surface area contributed by atoms with Crippen LogP contribution in [0.15, 0.2) is 47.5 Å². The first kappa shape index (κ1) is 25.8. The Kier molecular flexibility index (Phi) is 6.10. The van der Waals surface area contributed by atoms with Gasteiger partial charge in [0.25, 0.3) is 0 Å². The van der Waals surface area contributed by atoms with Crippen molar-refractivity contribution in [3.05, 3.63) is 62.4 Å². The van der Waals surface area contributed by atoms with Crippen LogP contribution in [0.4, 0.5) is 5.69 Å². The summed E-state index contributed by atoms with van der Waals surface area (Å²) in [5.74, 6) is -0.939. The number of carbonyl (C=O) groups excluding carboxylic acids is 3. The number of anilines is 1. The van der Waals surface area contributed by atoms with Gasteiger partial charge in [-0.2, -0.15) is 0 Å². The van der Waals surface area contributed by atoms with Crippen LogP contribution in [-0.2, 0) is 14.3 Å². The molecule has 7 rings (SSSR count). The van der Waals surface area contributed by atoms with Gasteiger partial charge in [-0.05, 0) is 85.3 Å². The Balaban J connectivity index is 1.25. The number of H-pyrrole nitrogens is 1. The molecule has 2 amide bonds. The topological polar surface area (TPSA) is 109 Å². The minimum Gasteiger partial charge on any atom is -0.504 e. The van der Waals surface area contributed by atoms with Gasteiger partial charge in [0.2, 0.25) is 11.8 Å². The molecule has 2 saturated carbocycles. The summed E-state index contributed by atoms with van der Waals surface area (Å²) >= 11 is 8.81. The smallest absolute Gasteiger partial charge is 0.338 e. The number of methoxy groups -OCH3 is 1. The molecule has 40 heavy (non-hydrogen) atoms. The molecule has 2 aliphatic carbocycles. The van der Waals surface area contributed by atoms with Crippen molar-refractivity contribution in [2.24, 2.45) is 29.6 Å². The van der Waals surface area contributed by atoms with E-state index in [0.717, 1.165) is 21.9 Å². The van der Waals surface area contributed by atoms with Crippen LogP contribution >= 0.6 is 35.3 Å². The molecule has 1 aromatic heterocycles. The summed E-state index contributed by atoms with van der Waals surface area (Å²) in [6.45, 7) is 2.01. The number of thiazole rings is 1. The van der Waals surface area contributed by atoms with E-state index in [4.69, 9.17) is 21.7 Å². The van der Waals surface area contributed by atoms with E-state index in [1.54, 1.807) is 66.4 Å². The van der Waals surface area contributed by atoms with Gasteiger partial charge in [0.1, 0.15) is 0 Å². The number of hydrogen-bond donors (Lipinski definition) is 2. The fraction of sp³-hybridized carbons (Fsp3) is 0.379. The minimum atomic E-state index is -0.439. The number of benzene rings is 2. The van der Waals surface area contributed by atoms with Crippen LogP contribution in [0.2, 0.25) is 0 Å². The first-order valence-electron chi connectivity index (χ1n) is 13.2. The minimum absolute atomic E-state index is 0.0193.